The van der Waals surface area contributed by atoms with Gasteiger partial charge in [0.2, 0.25) is 0 Å². The number of hydrogen-bond acceptors (Lipinski definition) is 2. The monoisotopic (exact) mass is 311 g/mol. The Kier molecular flexibility index (Phi) is 5.15. The van der Waals surface area contributed by atoms with Crippen molar-refractivity contribution >= 4 is 11.6 Å². The van der Waals surface area contributed by atoms with Gasteiger partial charge < -0.3 is 10.5 Å². The molecule has 2 aromatic carbocycles. The molecular weight excluding hydrogens is 296 g/mol. The van der Waals surface area contributed by atoms with Crippen molar-refractivity contribution in [3.05, 3.63) is 64.2 Å². The van der Waals surface area contributed by atoms with Gasteiger partial charge >= 0.3 is 0 Å². The fourth-order valence-electron chi connectivity index (χ4n) is 2.03. The Labute approximate surface area is 127 Å². The molecule has 0 fully saturated rings. The molecule has 0 aromatic heterocycles. The molecular formula is C16H16ClF2NO. The molecule has 2 rings (SSSR count). The van der Waals surface area contributed by atoms with Crippen LogP contribution in [0.25, 0.3) is 0 Å². The van der Waals surface area contributed by atoms with E-state index >= 15 is 0 Å². The van der Waals surface area contributed by atoms with Crippen LogP contribution in [0.15, 0.2) is 36.4 Å². The maximum atomic E-state index is 13.6. The van der Waals surface area contributed by atoms with Crippen molar-refractivity contribution in [2.75, 3.05) is 0 Å². The van der Waals surface area contributed by atoms with Crippen LogP contribution in [0.2, 0.25) is 5.02 Å². The fourth-order valence-corrected chi connectivity index (χ4v) is 2.28. The van der Waals surface area contributed by atoms with E-state index in [1.54, 1.807) is 12.1 Å². The van der Waals surface area contributed by atoms with E-state index in [0.717, 1.165) is 11.6 Å². The van der Waals surface area contributed by atoms with Gasteiger partial charge in [0.25, 0.3) is 0 Å². The Balaban J connectivity index is 2.21. The lowest BCUT2D eigenvalue weighted by Gasteiger charge is -2.15. The van der Waals surface area contributed by atoms with Gasteiger partial charge in [-0.05, 0) is 31.0 Å². The highest BCUT2D eigenvalue weighted by atomic mass is 35.5. The highest BCUT2D eigenvalue weighted by molar-refractivity contribution is 6.32. The Morgan fingerprint density at radius 1 is 1.14 bits per heavy atom. The molecule has 1 atom stereocenters. The lowest BCUT2D eigenvalue weighted by molar-refractivity contribution is 0.294. The van der Waals surface area contributed by atoms with Gasteiger partial charge in [-0.25, -0.2) is 8.78 Å². The Morgan fingerprint density at radius 2 is 1.81 bits per heavy atom. The molecule has 2 aromatic rings. The van der Waals surface area contributed by atoms with Crippen LogP contribution in [0.3, 0.4) is 0 Å². The molecule has 112 valence electrons. The molecule has 0 radical (unpaired) electrons. The summed E-state index contributed by atoms with van der Waals surface area (Å²) in [6, 6.07) is 9.26. The average Bonchev–Trinajstić information content (AvgIpc) is 2.42. The first kappa shape index (κ1) is 15.7. The van der Waals surface area contributed by atoms with Crippen LogP contribution in [-0.2, 0) is 13.0 Å². The number of benzene rings is 2. The largest absolute Gasteiger partial charge is 0.487 e. The smallest absolute Gasteiger partial charge is 0.165 e. The number of halogens is 3. The molecule has 1 unspecified atom stereocenters. The summed E-state index contributed by atoms with van der Waals surface area (Å²) >= 11 is 6.12. The minimum absolute atomic E-state index is 0.0586. The van der Waals surface area contributed by atoms with Gasteiger partial charge in [0, 0.05) is 11.6 Å². The summed E-state index contributed by atoms with van der Waals surface area (Å²) in [4.78, 5) is 0. The summed E-state index contributed by atoms with van der Waals surface area (Å²) in [6.45, 7) is 1.77. The zero-order valence-electron chi connectivity index (χ0n) is 11.6. The summed E-state index contributed by atoms with van der Waals surface area (Å²) in [7, 11) is 0. The third kappa shape index (κ3) is 3.93. The van der Waals surface area contributed by atoms with Crippen molar-refractivity contribution in [2.24, 2.45) is 5.73 Å². The quantitative estimate of drug-likeness (QED) is 0.902. The lowest BCUT2D eigenvalue weighted by atomic mass is 10.1. The molecule has 0 saturated heterocycles. The van der Waals surface area contributed by atoms with E-state index in [9.17, 15) is 8.78 Å². The van der Waals surface area contributed by atoms with Gasteiger partial charge in [0.05, 0.1) is 5.02 Å². The van der Waals surface area contributed by atoms with Crippen LogP contribution < -0.4 is 10.5 Å². The zero-order valence-corrected chi connectivity index (χ0v) is 12.3. The molecule has 0 aliphatic rings. The third-order valence-electron chi connectivity index (χ3n) is 2.99. The Morgan fingerprint density at radius 3 is 2.52 bits per heavy atom. The molecule has 0 spiro atoms. The van der Waals surface area contributed by atoms with E-state index in [1.807, 2.05) is 13.0 Å². The molecule has 5 heteroatoms. The first-order valence-electron chi connectivity index (χ1n) is 6.57. The van der Waals surface area contributed by atoms with Gasteiger partial charge in [-0.15, -0.1) is 0 Å². The Bertz CT molecular complexity index is 632. The van der Waals surface area contributed by atoms with Crippen LogP contribution in [0, 0.1) is 11.6 Å². The van der Waals surface area contributed by atoms with E-state index in [-0.39, 0.29) is 18.2 Å². The van der Waals surface area contributed by atoms with Crippen molar-refractivity contribution in [3.8, 4) is 5.75 Å². The highest BCUT2D eigenvalue weighted by Crippen LogP contribution is 2.30. The standard InChI is InChI=1S/C16H16ClF2NO/c1-10(20)8-11-4-2-6-13(17)16(11)21-9-12-5-3-7-14(18)15(12)19/h2-7,10H,8-9,20H2,1H3. The minimum Gasteiger partial charge on any atom is -0.487 e. The van der Waals surface area contributed by atoms with Crippen molar-refractivity contribution in [1.82, 2.24) is 0 Å². The topological polar surface area (TPSA) is 35.2 Å². The van der Waals surface area contributed by atoms with E-state index in [1.165, 1.54) is 12.1 Å². The number of para-hydroxylation sites is 1. The van der Waals surface area contributed by atoms with Crippen LogP contribution >= 0.6 is 11.6 Å². The SMILES string of the molecule is CC(N)Cc1cccc(Cl)c1OCc1cccc(F)c1F. The maximum Gasteiger partial charge on any atom is 0.165 e. The summed E-state index contributed by atoms with van der Waals surface area (Å²) in [5.41, 5.74) is 6.77. The van der Waals surface area contributed by atoms with Gasteiger partial charge in [-0.1, -0.05) is 35.9 Å². The molecule has 0 aliphatic heterocycles. The van der Waals surface area contributed by atoms with E-state index in [4.69, 9.17) is 22.1 Å². The number of ether oxygens (including phenoxy) is 1. The summed E-state index contributed by atoms with van der Waals surface area (Å²) < 4.78 is 32.4. The number of nitrogens with two attached hydrogens (primary N) is 1. The lowest BCUT2D eigenvalue weighted by Crippen LogP contribution is -2.18. The van der Waals surface area contributed by atoms with E-state index in [2.05, 4.69) is 0 Å². The molecule has 21 heavy (non-hydrogen) atoms. The van der Waals surface area contributed by atoms with Crippen LogP contribution in [0.4, 0.5) is 8.78 Å². The molecule has 0 amide bonds. The highest BCUT2D eigenvalue weighted by Gasteiger charge is 2.13. The first-order chi connectivity index (χ1) is 9.99. The predicted octanol–water partition coefficient (Wildman–Crippen LogP) is 4.09. The van der Waals surface area contributed by atoms with Crippen molar-refractivity contribution in [1.29, 1.82) is 0 Å². The van der Waals surface area contributed by atoms with E-state index < -0.39 is 11.6 Å². The second-order valence-corrected chi connectivity index (χ2v) is 5.32. The first-order valence-corrected chi connectivity index (χ1v) is 6.95. The molecule has 0 heterocycles. The number of rotatable bonds is 5. The van der Waals surface area contributed by atoms with Crippen molar-refractivity contribution < 1.29 is 13.5 Å². The predicted molar refractivity (Wildman–Crippen MR) is 79.5 cm³/mol. The van der Waals surface area contributed by atoms with Gasteiger partial charge in [-0.3, -0.25) is 0 Å². The average molecular weight is 312 g/mol. The number of hydrogen-bond donors (Lipinski definition) is 1. The normalized spacial score (nSPS) is 12.2. The molecule has 0 saturated carbocycles. The van der Waals surface area contributed by atoms with Crippen LogP contribution in [0.1, 0.15) is 18.1 Å². The minimum atomic E-state index is -0.904. The van der Waals surface area contributed by atoms with Gasteiger partial charge in [-0.2, -0.15) is 0 Å². The third-order valence-corrected chi connectivity index (χ3v) is 3.29. The van der Waals surface area contributed by atoms with Crippen LogP contribution in [0.5, 0.6) is 5.75 Å². The maximum absolute atomic E-state index is 13.6. The molecule has 2 N–H and O–H groups in total. The molecule has 2 nitrogen and oxygen atoms in total. The molecule has 0 aliphatic carbocycles. The van der Waals surface area contributed by atoms with Gasteiger partial charge in [0.1, 0.15) is 12.4 Å². The second-order valence-electron chi connectivity index (χ2n) is 4.91. The van der Waals surface area contributed by atoms with Crippen molar-refractivity contribution in [2.45, 2.75) is 26.0 Å². The summed E-state index contributed by atoms with van der Waals surface area (Å²) in [5.74, 6) is -1.34. The van der Waals surface area contributed by atoms with Gasteiger partial charge in [0.15, 0.2) is 11.6 Å². The Hall–Kier alpha value is -1.65. The molecule has 0 bridgehead atoms. The fraction of sp³-hybridized carbons (Fsp3) is 0.250. The second kappa shape index (κ2) is 6.87. The zero-order chi connectivity index (χ0) is 15.4. The van der Waals surface area contributed by atoms with Crippen molar-refractivity contribution in [3.63, 3.8) is 0 Å². The van der Waals surface area contributed by atoms with Crippen LogP contribution in [-0.4, -0.2) is 6.04 Å². The summed E-state index contributed by atoms with van der Waals surface area (Å²) in [6.07, 6.45) is 0.585. The summed E-state index contributed by atoms with van der Waals surface area (Å²) in [5, 5.41) is 0.421. The van der Waals surface area contributed by atoms with E-state index in [0.29, 0.717) is 17.2 Å².